The van der Waals surface area contributed by atoms with Crippen LogP contribution < -0.4 is 5.32 Å². The first-order valence-corrected chi connectivity index (χ1v) is 5.44. The van der Waals surface area contributed by atoms with Crippen molar-refractivity contribution in [3.05, 3.63) is 0 Å². The number of hydrogen-bond donors (Lipinski definition) is 1. The van der Waals surface area contributed by atoms with Gasteiger partial charge in [-0.3, -0.25) is 9.69 Å². The van der Waals surface area contributed by atoms with Crippen molar-refractivity contribution in [2.24, 2.45) is 0 Å². The lowest BCUT2D eigenvalue weighted by molar-refractivity contribution is -0.133. The van der Waals surface area contributed by atoms with Crippen molar-refractivity contribution in [3.8, 4) is 0 Å². The van der Waals surface area contributed by atoms with E-state index in [1.54, 1.807) is 11.9 Å². The van der Waals surface area contributed by atoms with Gasteiger partial charge in [0.2, 0.25) is 0 Å². The fraction of sp³-hybridized carbons (Fsp3) is 0.800. The number of likely N-dealkylation sites (N-methyl/N-ethyl adjacent to an activating group) is 2. The summed E-state index contributed by atoms with van der Waals surface area (Å²) in [5, 5.41) is 3.20. The molecule has 3 amide bonds. The number of rotatable bonds is 1. The Balaban J connectivity index is 2.32. The number of imide groups is 1. The lowest BCUT2D eigenvalue weighted by atomic mass is 9.89. The van der Waals surface area contributed by atoms with E-state index in [1.807, 2.05) is 6.92 Å². The van der Waals surface area contributed by atoms with Crippen LogP contribution in [-0.4, -0.2) is 54.0 Å². The number of carbonyl (C=O) groups is 2. The number of carbonyl (C=O) groups excluding carboxylic acids is 2. The Bertz CT molecular complexity index is 297. The number of urea groups is 1. The van der Waals surface area contributed by atoms with Crippen molar-refractivity contribution in [1.82, 2.24) is 15.1 Å². The molecule has 2 rings (SSSR count). The third-order valence-electron chi connectivity index (χ3n) is 3.48. The van der Waals surface area contributed by atoms with Gasteiger partial charge in [-0.15, -0.1) is 0 Å². The number of nitrogens with one attached hydrogen (secondary N) is 1. The maximum absolute atomic E-state index is 12.2. The minimum atomic E-state index is -0.606. The molecule has 2 heterocycles. The standard InChI is InChI=1S/C10H17N3O2/c1-3-13-8(14)10(12(2)9(13)15)5-4-6-11-7-10/h11H,3-7H2,1-2H3. The van der Waals surface area contributed by atoms with Crippen LogP contribution in [0.25, 0.3) is 0 Å². The molecule has 0 aromatic carbocycles. The molecular weight excluding hydrogens is 194 g/mol. The molecule has 1 unspecified atom stereocenters. The van der Waals surface area contributed by atoms with E-state index in [0.717, 1.165) is 19.4 Å². The highest BCUT2D eigenvalue weighted by Gasteiger charge is 2.55. The molecule has 2 aliphatic heterocycles. The fourth-order valence-corrected chi connectivity index (χ4v) is 2.48. The van der Waals surface area contributed by atoms with Crippen molar-refractivity contribution in [2.75, 3.05) is 26.7 Å². The summed E-state index contributed by atoms with van der Waals surface area (Å²) in [6.07, 6.45) is 1.72. The SMILES string of the molecule is CCN1C(=O)N(C)C2(CCCNC2)C1=O. The van der Waals surface area contributed by atoms with Gasteiger partial charge < -0.3 is 10.2 Å². The molecule has 2 fully saturated rings. The molecule has 1 N–H and O–H groups in total. The van der Waals surface area contributed by atoms with Crippen LogP contribution >= 0.6 is 0 Å². The van der Waals surface area contributed by atoms with Crippen LogP contribution in [0.4, 0.5) is 4.79 Å². The summed E-state index contributed by atoms with van der Waals surface area (Å²) in [5.74, 6) is -0.0373. The molecular formula is C10H17N3O2. The van der Waals surface area contributed by atoms with E-state index in [1.165, 1.54) is 4.90 Å². The highest BCUT2D eigenvalue weighted by Crippen LogP contribution is 2.31. The van der Waals surface area contributed by atoms with Gasteiger partial charge in [-0.05, 0) is 26.3 Å². The van der Waals surface area contributed by atoms with Gasteiger partial charge in [0.05, 0.1) is 0 Å². The van der Waals surface area contributed by atoms with E-state index in [9.17, 15) is 9.59 Å². The normalized spacial score (nSPS) is 31.9. The van der Waals surface area contributed by atoms with E-state index in [0.29, 0.717) is 13.1 Å². The van der Waals surface area contributed by atoms with Crippen molar-refractivity contribution in [2.45, 2.75) is 25.3 Å². The van der Waals surface area contributed by atoms with Gasteiger partial charge in [-0.1, -0.05) is 0 Å². The van der Waals surface area contributed by atoms with Crippen LogP contribution in [0.1, 0.15) is 19.8 Å². The number of nitrogens with zero attached hydrogens (tertiary/aromatic N) is 2. The average molecular weight is 211 g/mol. The highest BCUT2D eigenvalue weighted by molar-refractivity contribution is 6.07. The predicted molar refractivity (Wildman–Crippen MR) is 55.4 cm³/mol. The first kappa shape index (κ1) is 10.4. The van der Waals surface area contributed by atoms with Crippen LogP contribution in [0.15, 0.2) is 0 Å². The molecule has 0 bridgehead atoms. The molecule has 0 aromatic heterocycles. The minimum Gasteiger partial charge on any atom is -0.314 e. The Morgan fingerprint density at radius 3 is 2.67 bits per heavy atom. The summed E-state index contributed by atoms with van der Waals surface area (Å²) in [7, 11) is 1.73. The van der Waals surface area contributed by atoms with Gasteiger partial charge in [0.25, 0.3) is 5.91 Å². The summed E-state index contributed by atoms with van der Waals surface area (Å²) >= 11 is 0. The maximum Gasteiger partial charge on any atom is 0.327 e. The van der Waals surface area contributed by atoms with E-state index in [4.69, 9.17) is 0 Å². The molecule has 0 aliphatic carbocycles. The van der Waals surface area contributed by atoms with Gasteiger partial charge in [0, 0.05) is 20.1 Å². The zero-order valence-corrected chi connectivity index (χ0v) is 9.25. The zero-order chi connectivity index (χ0) is 11.1. The molecule has 1 atom stereocenters. The van der Waals surface area contributed by atoms with Crippen molar-refractivity contribution >= 4 is 11.9 Å². The quantitative estimate of drug-likeness (QED) is 0.622. The van der Waals surface area contributed by atoms with Crippen LogP contribution in [-0.2, 0) is 4.79 Å². The molecule has 84 valence electrons. The van der Waals surface area contributed by atoms with Crippen molar-refractivity contribution in [1.29, 1.82) is 0 Å². The first-order valence-electron chi connectivity index (χ1n) is 5.44. The van der Waals surface area contributed by atoms with Gasteiger partial charge in [0.15, 0.2) is 0 Å². The third kappa shape index (κ3) is 1.26. The topological polar surface area (TPSA) is 52.7 Å². The van der Waals surface area contributed by atoms with E-state index in [2.05, 4.69) is 5.32 Å². The van der Waals surface area contributed by atoms with Crippen LogP contribution in [0.3, 0.4) is 0 Å². The molecule has 5 heteroatoms. The number of piperidine rings is 1. The molecule has 2 saturated heterocycles. The molecule has 1 spiro atoms. The second kappa shape index (κ2) is 3.48. The number of hydrogen-bond acceptors (Lipinski definition) is 3. The Labute approximate surface area is 89.4 Å². The van der Waals surface area contributed by atoms with Crippen LogP contribution in [0, 0.1) is 0 Å². The van der Waals surface area contributed by atoms with Gasteiger partial charge in [-0.2, -0.15) is 0 Å². The summed E-state index contributed by atoms with van der Waals surface area (Å²) < 4.78 is 0. The molecule has 0 saturated carbocycles. The van der Waals surface area contributed by atoms with Crippen molar-refractivity contribution < 1.29 is 9.59 Å². The minimum absolute atomic E-state index is 0.0373. The zero-order valence-electron chi connectivity index (χ0n) is 9.25. The smallest absolute Gasteiger partial charge is 0.314 e. The summed E-state index contributed by atoms with van der Waals surface area (Å²) in [4.78, 5) is 26.9. The van der Waals surface area contributed by atoms with Crippen molar-refractivity contribution in [3.63, 3.8) is 0 Å². The molecule has 0 aromatic rings. The Morgan fingerprint density at radius 1 is 1.47 bits per heavy atom. The first-order chi connectivity index (χ1) is 7.13. The van der Waals surface area contributed by atoms with E-state index < -0.39 is 5.54 Å². The Morgan fingerprint density at radius 2 is 2.20 bits per heavy atom. The maximum atomic E-state index is 12.2. The average Bonchev–Trinajstić information content (AvgIpc) is 2.43. The Hall–Kier alpha value is -1.10. The molecule has 0 radical (unpaired) electrons. The van der Waals surface area contributed by atoms with E-state index in [-0.39, 0.29) is 11.9 Å². The van der Waals surface area contributed by atoms with Gasteiger partial charge in [0.1, 0.15) is 5.54 Å². The fourth-order valence-electron chi connectivity index (χ4n) is 2.48. The monoisotopic (exact) mass is 211 g/mol. The van der Waals surface area contributed by atoms with Gasteiger partial charge in [-0.25, -0.2) is 4.79 Å². The highest BCUT2D eigenvalue weighted by atomic mass is 16.2. The second-order valence-electron chi connectivity index (χ2n) is 4.20. The summed E-state index contributed by atoms with van der Waals surface area (Å²) in [6, 6.07) is -0.161. The summed E-state index contributed by atoms with van der Waals surface area (Å²) in [5.41, 5.74) is -0.606. The van der Waals surface area contributed by atoms with E-state index >= 15 is 0 Å². The Kier molecular flexibility index (Phi) is 2.42. The summed E-state index contributed by atoms with van der Waals surface area (Å²) in [6.45, 7) is 3.82. The van der Waals surface area contributed by atoms with Crippen LogP contribution in [0.5, 0.6) is 0 Å². The van der Waals surface area contributed by atoms with Gasteiger partial charge >= 0.3 is 6.03 Å². The lowest BCUT2D eigenvalue weighted by Crippen LogP contribution is -2.57. The largest absolute Gasteiger partial charge is 0.327 e. The second-order valence-corrected chi connectivity index (χ2v) is 4.20. The van der Waals surface area contributed by atoms with Crippen LogP contribution in [0.2, 0.25) is 0 Å². The lowest BCUT2D eigenvalue weighted by Gasteiger charge is -2.36. The molecule has 2 aliphatic rings. The molecule has 5 nitrogen and oxygen atoms in total. The third-order valence-corrected chi connectivity index (χ3v) is 3.48. The predicted octanol–water partition coefficient (Wildman–Crippen LogP) is 0.0225. The molecule has 15 heavy (non-hydrogen) atoms. The number of amides is 3.